The smallest absolute Gasteiger partial charge is 0.343 e. The summed E-state index contributed by atoms with van der Waals surface area (Å²) in [5.41, 5.74) is 1.29. The van der Waals surface area contributed by atoms with Crippen molar-refractivity contribution in [2.45, 2.75) is 4.90 Å². The van der Waals surface area contributed by atoms with E-state index in [1.165, 1.54) is 39.5 Å². The molecule has 0 bridgehead atoms. The van der Waals surface area contributed by atoms with Crippen molar-refractivity contribution in [1.82, 2.24) is 0 Å². The largest absolute Gasteiger partial charge is 0.493 e. The van der Waals surface area contributed by atoms with Gasteiger partial charge in [-0.05, 0) is 48.5 Å². The Kier molecular flexibility index (Phi) is 5.93. The molecule has 1 heterocycles. The molecule has 170 valence electrons. The lowest BCUT2D eigenvalue weighted by Crippen LogP contribution is -2.12. The fourth-order valence-corrected chi connectivity index (χ4v) is 4.48. The third-order valence-electron chi connectivity index (χ3n) is 4.86. The summed E-state index contributed by atoms with van der Waals surface area (Å²) >= 11 is 0. The van der Waals surface area contributed by atoms with Crippen LogP contribution < -0.4 is 24.3 Å². The number of nitrogens with one attached hydrogen (secondary N) is 1. The summed E-state index contributed by atoms with van der Waals surface area (Å²) in [6.45, 7) is 0. The molecule has 33 heavy (non-hydrogen) atoms. The van der Waals surface area contributed by atoms with Crippen LogP contribution >= 0.6 is 0 Å². The van der Waals surface area contributed by atoms with Gasteiger partial charge in [-0.3, -0.25) is 0 Å². The van der Waals surface area contributed by atoms with E-state index in [-0.39, 0.29) is 16.3 Å². The van der Waals surface area contributed by atoms with E-state index in [9.17, 15) is 13.2 Å². The van der Waals surface area contributed by atoms with Crippen molar-refractivity contribution in [1.29, 1.82) is 0 Å². The number of hydrogen-bond acceptors (Lipinski definition) is 8. The summed E-state index contributed by atoms with van der Waals surface area (Å²) in [5, 5.41) is 2.99. The quantitative estimate of drug-likeness (QED) is 0.432. The van der Waals surface area contributed by atoms with Gasteiger partial charge in [0.25, 0.3) is 10.0 Å². The van der Waals surface area contributed by atoms with Crippen LogP contribution in [0, 0.1) is 0 Å². The van der Waals surface area contributed by atoms with Crippen LogP contribution in [0.4, 0.5) is 5.69 Å². The van der Waals surface area contributed by atoms with Crippen molar-refractivity contribution in [3.8, 4) is 23.0 Å². The van der Waals surface area contributed by atoms with E-state index in [1.54, 1.807) is 42.5 Å². The number of methoxy groups -OCH3 is 3. The standard InChI is InChI=1S/C23H20N2O7S/c1-29-18-12-14(13-19(30-2)21(18)31-3)23(26)32-16-10-8-15(9-11-16)24-22-17-6-4-5-7-20(17)33(27,28)25-22/h4-13H,1-3H3,(H,24,25). The summed E-state index contributed by atoms with van der Waals surface area (Å²) in [4.78, 5) is 12.8. The Hall–Kier alpha value is -4.05. The molecule has 1 N–H and O–H groups in total. The number of benzene rings is 3. The minimum absolute atomic E-state index is 0.156. The molecular formula is C23H20N2O7S. The van der Waals surface area contributed by atoms with E-state index in [1.807, 2.05) is 0 Å². The van der Waals surface area contributed by atoms with Crippen molar-refractivity contribution in [3.63, 3.8) is 0 Å². The van der Waals surface area contributed by atoms with E-state index in [2.05, 4.69) is 9.71 Å². The first kappa shape index (κ1) is 22.2. The Labute approximate surface area is 190 Å². The highest BCUT2D eigenvalue weighted by molar-refractivity contribution is 7.90. The summed E-state index contributed by atoms with van der Waals surface area (Å²) < 4.78 is 49.4. The molecular weight excluding hydrogens is 448 g/mol. The van der Waals surface area contributed by atoms with Crippen molar-refractivity contribution in [2.75, 3.05) is 26.6 Å². The van der Waals surface area contributed by atoms with E-state index in [0.29, 0.717) is 34.2 Å². The lowest BCUT2D eigenvalue weighted by molar-refractivity contribution is 0.0734. The highest BCUT2D eigenvalue weighted by atomic mass is 32.2. The fourth-order valence-electron chi connectivity index (χ4n) is 3.30. The molecule has 0 fully saturated rings. The zero-order valence-corrected chi connectivity index (χ0v) is 18.8. The van der Waals surface area contributed by atoms with E-state index < -0.39 is 16.0 Å². The van der Waals surface area contributed by atoms with E-state index in [4.69, 9.17) is 18.9 Å². The van der Waals surface area contributed by atoms with Crippen molar-refractivity contribution in [2.24, 2.45) is 4.40 Å². The predicted molar refractivity (Wildman–Crippen MR) is 121 cm³/mol. The third-order valence-corrected chi connectivity index (χ3v) is 6.19. The van der Waals surface area contributed by atoms with E-state index >= 15 is 0 Å². The first-order chi connectivity index (χ1) is 15.9. The number of ether oxygens (including phenoxy) is 4. The zero-order valence-electron chi connectivity index (χ0n) is 18.0. The minimum atomic E-state index is -3.72. The molecule has 0 amide bonds. The van der Waals surface area contributed by atoms with Crippen molar-refractivity contribution in [3.05, 3.63) is 71.8 Å². The number of fused-ring (bicyclic) bond motifs is 1. The maximum Gasteiger partial charge on any atom is 0.343 e. The molecule has 1 aliphatic heterocycles. The molecule has 0 saturated heterocycles. The zero-order chi connectivity index (χ0) is 23.6. The second-order valence-corrected chi connectivity index (χ2v) is 8.44. The second kappa shape index (κ2) is 8.83. The maximum absolute atomic E-state index is 12.6. The van der Waals surface area contributed by atoms with Crippen LogP contribution in [0.2, 0.25) is 0 Å². The van der Waals surface area contributed by atoms with Crippen LogP contribution in [-0.4, -0.2) is 41.6 Å². The number of amidine groups is 1. The SMILES string of the molecule is COc1cc(C(=O)Oc2ccc(NC3=NS(=O)(=O)c4ccccc43)cc2)cc(OC)c1OC. The topological polar surface area (TPSA) is 113 Å². The lowest BCUT2D eigenvalue weighted by Gasteiger charge is -2.14. The van der Waals surface area contributed by atoms with Crippen LogP contribution in [0.3, 0.4) is 0 Å². The minimum Gasteiger partial charge on any atom is -0.493 e. The second-order valence-electron chi connectivity index (χ2n) is 6.86. The molecule has 4 rings (SSSR count). The molecule has 0 atom stereocenters. The molecule has 0 radical (unpaired) electrons. The number of sulfonamides is 1. The van der Waals surface area contributed by atoms with Crippen molar-refractivity contribution >= 4 is 27.5 Å². The average molecular weight is 468 g/mol. The van der Waals surface area contributed by atoms with Crippen LogP contribution in [-0.2, 0) is 10.0 Å². The Balaban J connectivity index is 1.50. The molecule has 0 unspecified atom stereocenters. The average Bonchev–Trinajstić information content (AvgIpc) is 3.09. The summed E-state index contributed by atoms with van der Waals surface area (Å²) in [7, 11) is 0.661. The Bertz CT molecular complexity index is 1320. The Morgan fingerprint density at radius 2 is 1.52 bits per heavy atom. The van der Waals surface area contributed by atoms with E-state index in [0.717, 1.165) is 0 Å². The number of nitrogens with zero attached hydrogens (tertiary/aromatic N) is 1. The first-order valence-corrected chi connectivity index (χ1v) is 11.1. The summed E-state index contributed by atoms with van der Waals surface area (Å²) in [6, 6.07) is 16.0. The van der Waals surface area contributed by atoms with Crippen LogP contribution in [0.25, 0.3) is 0 Å². The Morgan fingerprint density at radius 1 is 0.879 bits per heavy atom. The van der Waals surface area contributed by atoms with Crippen LogP contribution in [0.15, 0.2) is 70.0 Å². The van der Waals surface area contributed by atoms with Gasteiger partial charge in [0.1, 0.15) is 10.6 Å². The van der Waals surface area contributed by atoms with Gasteiger partial charge in [0.15, 0.2) is 17.3 Å². The molecule has 1 aliphatic rings. The van der Waals surface area contributed by atoms with Gasteiger partial charge in [-0.25, -0.2) is 4.79 Å². The van der Waals surface area contributed by atoms with Crippen molar-refractivity contribution < 1.29 is 32.2 Å². The van der Waals surface area contributed by atoms with Crippen LogP contribution in [0.5, 0.6) is 23.0 Å². The maximum atomic E-state index is 12.6. The van der Waals surface area contributed by atoms with Crippen LogP contribution in [0.1, 0.15) is 15.9 Å². The van der Waals surface area contributed by atoms with Gasteiger partial charge >= 0.3 is 5.97 Å². The number of esters is 1. The molecule has 9 nitrogen and oxygen atoms in total. The fraction of sp³-hybridized carbons (Fsp3) is 0.130. The highest BCUT2D eigenvalue weighted by Gasteiger charge is 2.28. The lowest BCUT2D eigenvalue weighted by atomic mass is 10.2. The first-order valence-electron chi connectivity index (χ1n) is 9.70. The molecule has 3 aromatic carbocycles. The van der Waals surface area contributed by atoms with Gasteiger partial charge in [0.05, 0.1) is 26.9 Å². The molecule has 0 aliphatic carbocycles. The molecule has 3 aromatic rings. The molecule has 0 saturated carbocycles. The third kappa shape index (κ3) is 4.33. The number of hydrogen-bond donors (Lipinski definition) is 1. The summed E-state index contributed by atoms with van der Waals surface area (Å²) in [5.74, 6) is 0.931. The van der Waals surface area contributed by atoms with Gasteiger partial charge in [0.2, 0.25) is 5.75 Å². The predicted octanol–water partition coefficient (Wildman–Crippen LogP) is 3.49. The molecule has 0 aromatic heterocycles. The number of rotatable bonds is 6. The highest BCUT2D eigenvalue weighted by Crippen LogP contribution is 2.38. The van der Waals surface area contributed by atoms with Gasteiger partial charge in [-0.15, -0.1) is 4.40 Å². The van der Waals surface area contributed by atoms with Gasteiger partial charge in [-0.2, -0.15) is 8.42 Å². The van der Waals surface area contributed by atoms with Gasteiger partial charge in [0, 0.05) is 11.3 Å². The monoisotopic (exact) mass is 468 g/mol. The molecule has 10 heteroatoms. The number of carbonyl (C=O) groups is 1. The number of anilines is 1. The summed E-state index contributed by atoms with van der Waals surface area (Å²) in [6.07, 6.45) is 0. The molecule has 0 spiro atoms. The normalized spacial score (nSPS) is 13.5. The number of carbonyl (C=O) groups excluding carboxylic acids is 1. The Morgan fingerprint density at radius 3 is 2.12 bits per heavy atom. The van der Waals surface area contributed by atoms with Gasteiger partial charge < -0.3 is 24.3 Å². The van der Waals surface area contributed by atoms with Gasteiger partial charge in [-0.1, -0.05) is 12.1 Å².